The first-order chi connectivity index (χ1) is 10.5. The summed E-state index contributed by atoms with van der Waals surface area (Å²) in [7, 11) is -2.00. The zero-order valence-electron chi connectivity index (χ0n) is 12.3. The molecular formula is C15H16NO5P. The molecule has 1 atom stereocenters. The number of non-ortho nitro benzene ring substituents is 1. The summed E-state index contributed by atoms with van der Waals surface area (Å²) in [6.07, 6.45) is 0. The molecule has 7 heteroatoms. The lowest BCUT2D eigenvalue weighted by Gasteiger charge is -2.20. The SMILES string of the molecule is CCOP(=O)(c1ccccc1)c1ccc([N+](=O)[O-])cc1OC. The molecule has 0 aliphatic heterocycles. The molecule has 2 aromatic carbocycles. The lowest BCUT2D eigenvalue weighted by atomic mass is 10.3. The van der Waals surface area contributed by atoms with Crippen LogP contribution in [0.4, 0.5) is 5.69 Å². The third-order valence-electron chi connectivity index (χ3n) is 3.10. The molecule has 0 spiro atoms. The second kappa shape index (κ2) is 6.73. The van der Waals surface area contributed by atoms with E-state index < -0.39 is 12.3 Å². The van der Waals surface area contributed by atoms with Gasteiger partial charge in [0.2, 0.25) is 0 Å². The summed E-state index contributed by atoms with van der Waals surface area (Å²) in [5, 5.41) is 11.7. The van der Waals surface area contributed by atoms with Crippen LogP contribution < -0.4 is 15.3 Å². The van der Waals surface area contributed by atoms with Gasteiger partial charge in [0.05, 0.1) is 30.0 Å². The highest BCUT2D eigenvalue weighted by atomic mass is 31.2. The quantitative estimate of drug-likeness (QED) is 0.464. The van der Waals surface area contributed by atoms with Crippen molar-refractivity contribution in [3.8, 4) is 5.75 Å². The van der Waals surface area contributed by atoms with E-state index in [1.54, 1.807) is 31.2 Å². The van der Waals surface area contributed by atoms with Crippen LogP contribution in [0.2, 0.25) is 0 Å². The van der Waals surface area contributed by atoms with Gasteiger partial charge in [0.15, 0.2) is 0 Å². The Balaban J connectivity index is 2.63. The van der Waals surface area contributed by atoms with Crippen molar-refractivity contribution in [3.63, 3.8) is 0 Å². The van der Waals surface area contributed by atoms with Crippen molar-refractivity contribution >= 4 is 23.7 Å². The number of ether oxygens (including phenoxy) is 1. The van der Waals surface area contributed by atoms with E-state index in [9.17, 15) is 14.7 Å². The normalized spacial score (nSPS) is 13.4. The third-order valence-corrected chi connectivity index (χ3v) is 5.70. The largest absolute Gasteiger partial charge is 0.496 e. The van der Waals surface area contributed by atoms with Crippen LogP contribution in [0.3, 0.4) is 0 Å². The Morgan fingerprint density at radius 1 is 1.18 bits per heavy atom. The van der Waals surface area contributed by atoms with E-state index in [-0.39, 0.29) is 18.0 Å². The lowest BCUT2D eigenvalue weighted by Crippen LogP contribution is -2.20. The summed E-state index contributed by atoms with van der Waals surface area (Å²) < 4.78 is 24.1. The van der Waals surface area contributed by atoms with Gasteiger partial charge in [-0.25, -0.2) is 0 Å². The predicted molar refractivity (Wildman–Crippen MR) is 84.6 cm³/mol. The van der Waals surface area contributed by atoms with Crippen LogP contribution in [-0.2, 0) is 9.09 Å². The van der Waals surface area contributed by atoms with Gasteiger partial charge in [-0.05, 0) is 25.1 Å². The fraction of sp³-hybridized carbons (Fsp3) is 0.200. The molecule has 0 aliphatic carbocycles. The van der Waals surface area contributed by atoms with E-state index in [4.69, 9.17) is 9.26 Å². The van der Waals surface area contributed by atoms with Gasteiger partial charge in [0.1, 0.15) is 5.75 Å². The van der Waals surface area contributed by atoms with Gasteiger partial charge in [0, 0.05) is 11.4 Å². The van der Waals surface area contributed by atoms with Gasteiger partial charge in [-0.1, -0.05) is 18.2 Å². The fourth-order valence-electron chi connectivity index (χ4n) is 2.11. The number of hydrogen-bond donors (Lipinski definition) is 0. The molecule has 0 aromatic heterocycles. The first-order valence-electron chi connectivity index (χ1n) is 6.66. The summed E-state index contributed by atoms with van der Waals surface area (Å²) in [5.41, 5.74) is -0.128. The first-order valence-corrected chi connectivity index (χ1v) is 8.28. The zero-order valence-corrected chi connectivity index (χ0v) is 13.2. The Morgan fingerprint density at radius 3 is 2.41 bits per heavy atom. The summed E-state index contributed by atoms with van der Waals surface area (Å²) in [4.78, 5) is 10.3. The molecule has 22 heavy (non-hydrogen) atoms. The molecule has 0 amide bonds. The summed E-state index contributed by atoms with van der Waals surface area (Å²) in [6, 6.07) is 12.7. The Morgan fingerprint density at radius 2 is 1.86 bits per heavy atom. The molecular weight excluding hydrogens is 305 g/mol. The van der Waals surface area contributed by atoms with Gasteiger partial charge in [-0.15, -0.1) is 0 Å². The zero-order chi connectivity index (χ0) is 16.2. The number of benzene rings is 2. The number of rotatable bonds is 6. The molecule has 0 saturated heterocycles. The molecule has 0 bridgehead atoms. The minimum atomic E-state index is -3.38. The summed E-state index contributed by atoms with van der Waals surface area (Å²) in [6.45, 7) is 1.99. The first kappa shape index (κ1) is 16.2. The van der Waals surface area contributed by atoms with Gasteiger partial charge in [-0.2, -0.15) is 0 Å². The van der Waals surface area contributed by atoms with Crippen molar-refractivity contribution < 1.29 is 18.7 Å². The average Bonchev–Trinajstić information content (AvgIpc) is 2.55. The van der Waals surface area contributed by atoms with Crippen LogP contribution in [0.5, 0.6) is 5.75 Å². The smallest absolute Gasteiger partial charge is 0.273 e. The van der Waals surface area contributed by atoms with Crippen LogP contribution in [0.1, 0.15) is 6.92 Å². The molecule has 6 nitrogen and oxygen atoms in total. The minimum Gasteiger partial charge on any atom is -0.496 e. The molecule has 0 radical (unpaired) electrons. The van der Waals surface area contributed by atoms with Gasteiger partial charge < -0.3 is 9.26 Å². The Labute approximate surface area is 128 Å². The molecule has 1 unspecified atom stereocenters. The Bertz CT molecular complexity index is 717. The van der Waals surface area contributed by atoms with Crippen LogP contribution in [0.25, 0.3) is 0 Å². The van der Waals surface area contributed by atoms with Crippen molar-refractivity contribution in [1.82, 2.24) is 0 Å². The second-order valence-electron chi connectivity index (χ2n) is 4.42. The van der Waals surface area contributed by atoms with Crippen LogP contribution in [0, 0.1) is 10.1 Å². The van der Waals surface area contributed by atoms with Gasteiger partial charge >= 0.3 is 0 Å². The van der Waals surface area contributed by atoms with Crippen LogP contribution in [-0.4, -0.2) is 18.6 Å². The highest BCUT2D eigenvalue weighted by Crippen LogP contribution is 2.47. The molecule has 116 valence electrons. The number of hydrogen-bond acceptors (Lipinski definition) is 5. The van der Waals surface area contributed by atoms with E-state index in [1.807, 2.05) is 6.07 Å². The molecule has 2 rings (SSSR count). The fourth-order valence-corrected chi connectivity index (χ4v) is 4.32. The van der Waals surface area contributed by atoms with Crippen molar-refractivity contribution in [2.45, 2.75) is 6.92 Å². The van der Waals surface area contributed by atoms with Crippen molar-refractivity contribution in [2.75, 3.05) is 13.7 Å². The molecule has 0 N–H and O–H groups in total. The monoisotopic (exact) mass is 321 g/mol. The lowest BCUT2D eigenvalue weighted by molar-refractivity contribution is -0.384. The van der Waals surface area contributed by atoms with E-state index in [0.29, 0.717) is 10.6 Å². The van der Waals surface area contributed by atoms with Gasteiger partial charge in [-0.3, -0.25) is 14.7 Å². The summed E-state index contributed by atoms with van der Waals surface area (Å²) >= 11 is 0. The maximum atomic E-state index is 13.4. The number of nitro benzene ring substituents is 1. The molecule has 0 fully saturated rings. The molecule has 2 aromatic rings. The molecule has 0 heterocycles. The molecule has 0 aliphatic rings. The number of nitrogens with zero attached hydrogens (tertiary/aromatic N) is 1. The highest BCUT2D eigenvalue weighted by molar-refractivity contribution is 7.74. The topological polar surface area (TPSA) is 78.7 Å². The van der Waals surface area contributed by atoms with Crippen molar-refractivity contribution in [3.05, 3.63) is 58.6 Å². The highest BCUT2D eigenvalue weighted by Gasteiger charge is 2.32. The van der Waals surface area contributed by atoms with Crippen molar-refractivity contribution in [1.29, 1.82) is 0 Å². The van der Waals surface area contributed by atoms with Crippen molar-refractivity contribution in [2.24, 2.45) is 0 Å². The standard InChI is InChI=1S/C15H16NO5P/c1-3-21-22(19,13-7-5-4-6-8-13)15-10-9-12(16(17)18)11-14(15)20-2/h4-11H,3H2,1-2H3. The third kappa shape index (κ3) is 3.03. The van der Waals surface area contributed by atoms with E-state index in [1.165, 1.54) is 25.3 Å². The number of nitro groups is 1. The Hall–Kier alpha value is -2.17. The van der Waals surface area contributed by atoms with E-state index in [2.05, 4.69) is 0 Å². The molecule has 0 saturated carbocycles. The predicted octanol–water partition coefficient (Wildman–Crippen LogP) is 2.87. The van der Waals surface area contributed by atoms with E-state index in [0.717, 1.165) is 0 Å². The number of methoxy groups -OCH3 is 1. The summed E-state index contributed by atoms with van der Waals surface area (Å²) in [5.74, 6) is 0.176. The maximum Gasteiger partial charge on any atom is 0.273 e. The van der Waals surface area contributed by atoms with Crippen LogP contribution >= 0.6 is 7.37 Å². The van der Waals surface area contributed by atoms with Crippen LogP contribution in [0.15, 0.2) is 48.5 Å². The minimum absolute atomic E-state index is 0.128. The average molecular weight is 321 g/mol. The Kier molecular flexibility index (Phi) is 4.96. The maximum absolute atomic E-state index is 13.4. The second-order valence-corrected chi connectivity index (χ2v) is 6.78. The van der Waals surface area contributed by atoms with Gasteiger partial charge in [0.25, 0.3) is 13.1 Å². The van der Waals surface area contributed by atoms with E-state index >= 15 is 0 Å².